The molecule has 45 heavy (non-hydrogen) atoms. The number of hydrogen-bond donors (Lipinski definition) is 1. The van der Waals surface area contributed by atoms with Crippen molar-refractivity contribution < 1.29 is 30.0 Å². The van der Waals surface area contributed by atoms with Crippen LogP contribution in [0.15, 0.2) is 90.7 Å². The largest absolute Gasteiger partial charge is 0.512 e. The summed E-state index contributed by atoms with van der Waals surface area (Å²) in [5, 5.41) is 9.56. The molecule has 0 saturated heterocycles. The van der Waals surface area contributed by atoms with Gasteiger partial charge in [-0.25, -0.2) is 0 Å². The van der Waals surface area contributed by atoms with Crippen molar-refractivity contribution in [2.75, 3.05) is 0 Å². The van der Waals surface area contributed by atoms with E-state index in [-0.39, 0.29) is 42.5 Å². The Morgan fingerprint density at radius 2 is 1.51 bits per heavy atom. The third-order valence-corrected chi connectivity index (χ3v) is 8.41. The van der Waals surface area contributed by atoms with Gasteiger partial charge in [-0.3, -0.25) is 9.78 Å². The summed E-state index contributed by atoms with van der Waals surface area (Å²) in [5.74, 6) is -0.0625. The molecule has 6 rings (SSSR count). The van der Waals surface area contributed by atoms with E-state index in [0.717, 1.165) is 22.3 Å². The molecule has 1 heterocycles. The van der Waals surface area contributed by atoms with E-state index in [4.69, 9.17) is 10.1 Å². The molecule has 3 nitrogen and oxygen atoms in total. The summed E-state index contributed by atoms with van der Waals surface area (Å²) in [4.78, 5) is 15.3. The first-order valence-corrected chi connectivity index (χ1v) is 15.2. The molecule has 1 N–H and O–H groups in total. The quantitative estimate of drug-likeness (QED) is 0.113. The third kappa shape index (κ3) is 7.03. The van der Waals surface area contributed by atoms with Crippen LogP contribution in [0.3, 0.4) is 0 Å². The number of fused-ring (bicyclic) bond motifs is 4. The van der Waals surface area contributed by atoms with Crippen LogP contribution in [0.25, 0.3) is 44.4 Å². The second-order valence-electron chi connectivity index (χ2n) is 13.6. The molecule has 0 unspecified atom stereocenters. The van der Waals surface area contributed by atoms with Gasteiger partial charge in [-0.15, -0.1) is 34.9 Å². The summed E-state index contributed by atoms with van der Waals surface area (Å²) >= 11 is 0. The number of pyridine rings is 1. The van der Waals surface area contributed by atoms with E-state index >= 15 is 0 Å². The monoisotopic (exact) mass is 773 g/mol. The van der Waals surface area contributed by atoms with E-state index in [1.165, 1.54) is 69.8 Å². The van der Waals surface area contributed by atoms with Crippen LogP contribution in [0.2, 0.25) is 0 Å². The van der Waals surface area contributed by atoms with Crippen LogP contribution >= 0.6 is 0 Å². The number of aryl methyl sites for hydroxylation is 2. The predicted octanol–water partition coefficient (Wildman–Crippen LogP) is 10.6. The van der Waals surface area contributed by atoms with Crippen LogP contribution < -0.4 is 0 Å². The van der Waals surface area contributed by atoms with Gasteiger partial charge in [0.15, 0.2) is 5.78 Å². The maximum absolute atomic E-state index is 10.0. The number of allylic oxidation sites excluding steroid dienone is 2. The minimum atomic E-state index is -0.125. The van der Waals surface area contributed by atoms with Crippen molar-refractivity contribution in [3.8, 4) is 33.5 Å². The molecule has 1 radical (unpaired) electrons. The fourth-order valence-corrected chi connectivity index (χ4v) is 6.28. The predicted molar refractivity (Wildman–Crippen MR) is 184 cm³/mol. The zero-order chi connectivity index (χ0) is 32.0. The van der Waals surface area contributed by atoms with E-state index in [9.17, 15) is 4.79 Å². The van der Waals surface area contributed by atoms with Crippen molar-refractivity contribution in [3.63, 3.8) is 0 Å². The summed E-state index contributed by atoms with van der Waals surface area (Å²) in [6.45, 7) is 18.6. The number of carbonyl (C=O) groups is 1. The van der Waals surface area contributed by atoms with Gasteiger partial charge in [-0.05, 0) is 76.0 Å². The zero-order valence-electron chi connectivity index (χ0n) is 27.7. The van der Waals surface area contributed by atoms with Crippen molar-refractivity contribution in [1.29, 1.82) is 0 Å². The summed E-state index contributed by atoms with van der Waals surface area (Å²) < 4.78 is 0. The Balaban J connectivity index is 0.000000519. The van der Waals surface area contributed by atoms with E-state index in [0.29, 0.717) is 0 Å². The Labute approximate surface area is 281 Å². The molecule has 5 aromatic rings. The average molecular weight is 773 g/mol. The minimum absolute atomic E-state index is 0. The first-order chi connectivity index (χ1) is 20.6. The average Bonchev–Trinajstić information content (AvgIpc) is 3.16. The molecule has 0 saturated carbocycles. The fraction of sp³-hybridized carbons (Fsp3) is 0.268. The van der Waals surface area contributed by atoms with Gasteiger partial charge in [-0.2, -0.15) is 0 Å². The maximum Gasteiger partial charge on any atom is 0.155 e. The van der Waals surface area contributed by atoms with Gasteiger partial charge in [0.2, 0.25) is 0 Å². The minimum Gasteiger partial charge on any atom is -0.512 e. The number of aliphatic hydroxyl groups excluding tert-OH is 1. The smallest absolute Gasteiger partial charge is 0.155 e. The SMILES string of the molecule is CC(=O)/C=C(/C)O.Cc1[c-]c(-c2cc(-c3ccc(C(C)(C)C)cc3)c3cc4c(cc3n2)C(C)(C)c2ccccc2-4)cc(C)c1.[Ir]. The molecule has 233 valence electrons. The van der Waals surface area contributed by atoms with Crippen LogP contribution in [0.1, 0.15) is 76.3 Å². The van der Waals surface area contributed by atoms with E-state index in [1.54, 1.807) is 0 Å². The maximum atomic E-state index is 10.0. The van der Waals surface area contributed by atoms with E-state index in [1.807, 2.05) is 0 Å². The molecule has 0 bridgehead atoms. The molecule has 1 aromatic heterocycles. The Morgan fingerprint density at radius 3 is 2.09 bits per heavy atom. The zero-order valence-corrected chi connectivity index (χ0v) is 30.1. The molecule has 0 spiro atoms. The molecule has 0 fully saturated rings. The van der Waals surface area contributed by atoms with Gasteiger partial charge in [-0.1, -0.05) is 103 Å². The van der Waals surface area contributed by atoms with Crippen molar-refractivity contribution in [1.82, 2.24) is 4.98 Å². The molecular weight excluding hydrogens is 731 g/mol. The molecule has 1 aliphatic rings. The molecule has 4 aromatic carbocycles. The number of hydrogen-bond acceptors (Lipinski definition) is 3. The van der Waals surface area contributed by atoms with Crippen LogP contribution in [0.4, 0.5) is 0 Å². The van der Waals surface area contributed by atoms with Crippen LogP contribution in [0.5, 0.6) is 0 Å². The molecular formula is C41H42IrNO2-. The number of ketones is 1. The van der Waals surface area contributed by atoms with Gasteiger partial charge in [0.1, 0.15) is 0 Å². The number of nitrogens with zero attached hydrogens (tertiary/aromatic N) is 1. The molecule has 1 aliphatic carbocycles. The summed E-state index contributed by atoms with van der Waals surface area (Å²) in [6.07, 6.45) is 1.17. The second-order valence-corrected chi connectivity index (χ2v) is 13.6. The van der Waals surface area contributed by atoms with Crippen molar-refractivity contribution >= 4 is 16.7 Å². The summed E-state index contributed by atoms with van der Waals surface area (Å²) in [5.41, 5.74) is 14.7. The van der Waals surface area contributed by atoms with Crippen molar-refractivity contribution in [2.24, 2.45) is 0 Å². The fourth-order valence-electron chi connectivity index (χ4n) is 6.28. The van der Waals surface area contributed by atoms with Gasteiger partial charge in [0.25, 0.3) is 0 Å². The van der Waals surface area contributed by atoms with E-state index in [2.05, 4.69) is 133 Å². The molecule has 4 heteroatoms. The standard InChI is InChI=1S/C36H34N.C5H8O2.Ir/c1-22-16-23(2)18-25(17-22)33-20-28(24-12-14-26(15-13-24)35(3,4)5)30-19-29-27-10-8-9-11-31(27)36(6,7)32(29)21-34(30)37-33;1-4(6)3-5(2)7;/h8-17,19-21H,1-7H3;3,6H,1-2H3;/q-1;;/b;4-3-;. The number of benzene rings is 4. The second kappa shape index (κ2) is 12.9. The molecule has 0 atom stereocenters. The van der Waals surface area contributed by atoms with Crippen molar-refractivity contribution in [2.45, 2.75) is 73.1 Å². The number of aliphatic hydroxyl groups is 1. The van der Waals surface area contributed by atoms with Gasteiger partial charge < -0.3 is 5.11 Å². The first kappa shape index (κ1) is 34.0. The van der Waals surface area contributed by atoms with Crippen LogP contribution in [0, 0.1) is 19.9 Å². The normalized spacial score (nSPS) is 13.3. The van der Waals surface area contributed by atoms with Gasteiger partial charge in [0.05, 0.1) is 11.3 Å². The molecule has 0 amide bonds. The van der Waals surface area contributed by atoms with Crippen LogP contribution in [-0.2, 0) is 35.7 Å². The van der Waals surface area contributed by atoms with Gasteiger partial charge >= 0.3 is 0 Å². The van der Waals surface area contributed by atoms with Crippen molar-refractivity contribution in [3.05, 3.63) is 125 Å². The third-order valence-electron chi connectivity index (χ3n) is 8.41. The Hall–Kier alpha value is -3.85. The summed E-state index contributed by atoms with van der Waals surface area (Å²) in [7, 11) is 0. The summed E-state index contributed by atoms with van der Waals surface area (Å²) in [6, 6.07) is 32.8. The first-order valence-electron chi connectivity index (χ1n) is 15.2. The Kier molecular flexibility index (Phi) is 9.73. The number of carbonyl (C=O) groups excluding carboxylic acids is 1. The topological polar surface area (TPSA) is 50.2 Å². The molecule has 0 aliphatic heterocycles. The Bertz CT molecular complexity index is 1900. The van der Waals surface area contributed by atoms with Crippen LogP contribution in [-0.4, -0.2) is 15.9 Å². The Morgan fingerprint density at radius 1 is 0.844 bits per heavy atom. The van der Waals surface area contributed by atoms with Gasteiger partial charge in [0, 0.05) is 37.0 Å². The van der Waals surface area contributed by atoms with E-state index < -0.39 is 0 Å². The number of aromatic nitrogens is 1. The number of rotatable bonds is 3.